The van der Waals surface area contributed by atoms with E-state index in [0.717, 1.165) is 16.2 Å². The molecule has 4 aromatic rings. The van der Waals surface area contributed by atoms with Crippen molar-refractivity contribution in [3.8, 4) is 5.88 Å². The molecule has 138 valence electrons. The number of pyridine rings is 1. The summed E-state index contributed by atoms with van der Waals surface area (Å²) in [5.74, 6) is 0.466. The Bertz CT molecular complexity index is 1040. The largest absolute Gasteiger partial charge is 0.473 e. The van der Waals surface area contributed by atoms with Crippen molar-refractivity contribution in [1.82, 2.24) is 4.98 Å². The van der Waals surface area contributed by atoms with Crippen molar-refractivity contribution in [3.05, 3.63) is 115 Å². The van der Waals surface area contributed by atoms with E-state index in [1.54, 1.807) is 6.07 Å². The van der Waals surface area contributed by atoms with Crippen molar-refractivity contribution >= 4 is 23.2 Å². The molecule has 4 rings (SSSR count). The van der Waals surface area contributed by atoms with Crippen molar-refractivity contribution in [2.24, 2.45) is 0 Å². The fourth-order valence-electron chi connectivity index (χ4n) is 3.08. The van der Waals surface area contributed by atoms with E-state index in [1.165, 1.54) is 0 Å². The van der Waals surface area contributed by atoms with Crippen molar-refractivity contribution in [3.63, 3.8) is 0 Å². The van der Waals surface area contributed by atoms with Gasteiger partial charge in [0.05, 0.1) is 0 Å². The lowest BCUT2D eigenvalue weighted by Crippen LogP contribution is -2.27. The Kier molecular flexibility index (Phi) is 5.36. The molecule has 0 atom stereocenters. The summed E-state index contributed by atoms with van der Waals surface area (Å²) < 4.78 is 20.2. The van der Waals surface area contributed by atoms with Crippen molar-refractivity contribution in [2.75, 3.05) is 0 Å². The van der Waals surface area contributed by atoms with Crippen molar-refractivity contribution in [1.29, 1.82) is 0 Å². The van der Waals surface area contributed by atoms with Crippen LogP contribution in [0.4, 0.5) is 0 Å². The molecule has 0 saturated heterocycles. The molecule has 0 aliphatic carbocycles. The van der Waals surface area contributed by atoms with Gasteiger partial charge in [-0.2, -0.15) is 0 Å². The van der Waals surface area contributed by atoms with Gasteiger partial charge >= 0.3 is 0 Å². The molecule has 3 aromatic carbocycles. The van der Waals surface area contributed by atoms with Gasteiger partial charge in [0.25, 0.3) is 0 Å². The van der Waals surface area contributed by atoms with Crippen LogP contribution >= 0.6 is 7.14 Å². The summed E-state index contributed by atoms with van der Waals surface area (Å²) in [4.78, 5) is 4.63. The summed E-state index contributed by atoms with van der Waals surface area (Å²) in [5, 5.41) is 1.52. The van der Waals surface area contributed by atoms with E-state index in [2.05, 4.69) is 4.98 Å². The second kappa shape index (κ2) is 8.24. The molecule has 0 amide bonds. The number of nitrogens with zero attached hydrogens (tertiary/aromatic N) is 1. The number of hydrogen-bond donors (Lipinski definition) is 0. The molecule has 1 heterocycles. The quantitative estimate of drug-likeness (QED) is 0.465. The summed E-state index contributed by atoms with van der Waals surface area (Å²) in [7, 11) is -3.09. The third-order valence-electron chi connectivity index (χ3n) is 4.50. The average Bonchev–Trinajstić information content (AvgIpc) is 2.79. The van der Waals surface area contributed by atoms with Crippen molar-refractivity contribution < 1.29 is 9.30 Å². The van der Waals surface area contributed by atoms with E-state index in [0.29, 0.717) is 17.9 Å². The van der Waals surface area contributed by atoms with Crippen LogP contribution in [0.3, 0.4) is 0 Å². The molecular weight excluding hydrogens is 365 g/mol. The fraction of sp³-hybridized carbons (Fsp3) is 0.0417. The fourth-order valence-corrected chi connectivity index (χ4v) is 5.63. The van der Waals surface area contributed by atoms with E-state index < -0.39 is 7.14 Å². The van der Waals surface area contributed by atoms with Crippen LogP contribution in [-0.2, 0) is 11.2 Å². The molecule has 4 heteroatoms. The molecule has 0 radical (unpaired) electrons. The number of rotatable bonds is 6. The minimum Gasteiger partial charge on any atom is -0.473 e. The first-order valence-corrected chi connectivity index (χ1v) is 10.8. The maximum atomic E-state index is 14.3. The van der Waals surface area contributed by atoms with Crippen LogP contribution in [0.25, 0.3) is 0 Å². The Morgan fingerprint density at radius 1 is 0.643 bits per heavy atom. The molecule has 0 saturated carbocycles. The third kappa shape index (κ3) is 3.76. The van der Waals surface area contributed by atoms with Crippen LogP contribution in [0.5, 0.6) is 5.88 Å². The standard InChI is InChI=1S/C24H20NO2P/c26-28(21-13-6-2-7-14-21,22-15-8-3-9-16-22)24-18-10-17-23(25-24)27-19-20-11-4-1-5-12-20/h1-18H,19H2. The van der Waals surface area contributed by atoms with Gasteiger partial charge in [-0.15, -0.1) is 0 Å². The van der Waals surface area contributed by atoms with Gasteiger partial charge in [0, 0.05) is 16.7 Å². The highest BCUT2D eigenvalue weighted by atomic mass is 31.2. The Balaban J connectivity index is 1.73. The first kappa shape index (κ1) is 18.2. The minimum atomic E-state index is -3.09. The van der Waals surface area contributed by atoms with E-state index in [1.807, 2.05) is 103 Å². The number of ether oxygens (including phenoxy) is 1. The molecule has 28 heavy (non-hydrogen) atoms. The molecule has 0 aliphatic heterocycles. The first-order valence-electron chi connectivity index (χ1n) is 9.12. The topological polar surface area (TPSA) is 39.2 Å². The molecule has 3 nitrogen and oxygen atoms in total. The molecular formula is C24H20NO2P. The second-order valence-corrected chi connectivity index (χ2v) is 9.10. The summed E-state index contributed by atoms with van der Waals surface area (Å²) in [6, 6.07) is 34.4. The highest BCUT2D eigenvalue weighted by Gasteiger charge is 2.31. The summed E-state index contributed by atoms with van der Waals surface area (Å²) in [6.07, 6.45) is 0. The molecule has 0 fully saturated rings. The molecule has 0 unspecified atom stereocenters. The highest BCUT2D eigenvalue weighted by Crippen LogP contribution is 2.41. The molecule has 0 spiro atoms. The zero-order valence-corrected chi connectivity index (χ0v) is 16.2. The Morgan fingerprint density at radius 3 is 1.75 bits per heavy atom. The van der Waals surface area contributed by atoms with E-state index >= 15 is 0 Å². The van der Waals surface area contributed by atoms with E-state index in [-0.39, 0.29) is 0 Å². The van der Waals surface area contributed by atoms with Gasteiger partial charge in [0.15, 0.2) is 7.14 Å². The smallest absolute Gasteiger partial charge is 0.214 e. The lowest BCUT2D eigenvalue weighted by atomic mass is 10.2. The zero-order chi connectivity index (χ0) is 19.2. The monoisotopic (exact) mass is 385 g/mol. The van der Waals surface area contributed by atoms with E-state index in [9.17, 15) is 4.57 Å². The average molecular weight is 385 g/mol. The van der Waals surface area contributed by atoms with Crippen LogP contribution in [0, 0.1) is 0 Å². The molecule has 1 aromatic heterocycles. The predicted octanol–water partition coefficient (Wildman–Crippen LogP) is 4.30. The Hall–Kier alpha value is -3.16. The van der Waals surface area contributed by atoms with Gasteiger partial charge < -0.3 is 9.30 Å². The molecule has 0 aliphatic rings. The number of hydrogen-bond acceptors (Lipinski definition) is 3. The van der Waals surface area contributed by atoms with E-state index in [4.69, 9.17) is 4.74 Å². The van der Waals surface area contributed by atoms with Crippen LogP contribution in [0.2, 0.25) is 0 Å². The van der Waals surface area contributed by atoms with Gasteiger partial charge in [0.1, 0.15) is 12.0 Å². The SMILES string of the molecule is O=P(c1ccccc1)(c1ccccc1)c1cccc(OCc2ccccc2)n1. The minimum absolute atomic E-state index is 0.415. The lowest BCUT2D eigenvalue weighted by molar-refractivity contribution is 0.294. The second-order valence-electron chi connectivity index (χ2n) is 6.39. The van der Waals surface area contributed by atoms with Gasteiger partial charge in [0.2, 0.25) is 5.88 Å². The molecule has 0 bridgehead atoms. The normalized spacial score (nSPS) is 11.1. The summed E-state index contributed by atoms with van der Waals surface area (Å²) >= 11 is 0. The zero-order valence-electron chi connectivity index (χ0n) is 15.3. The maximum Gasteiger partial charge on any atom is 0.214 e. The highest BCUT2D eigenvalue weighted by molar-refractivity contribution is 7.85. The third-order valence-corrected chi connectivity index (χ3v) is 7.45. The predicted molar refractivity (Wildman–Crippen MR) is 114 cm³/mol. The van der Waals surface area contributed by atoms with Gasteiger partial charge in [-0.3, -0.25) is 0 Å². The van der Waals surface area contributed by atoms with Gasteiger partial charge in [-0.25, -0.2) is 4.98 Å². The van der Waals surface area contributed by atoms with Crippen LogP contribution in [0.1, 0.15) is 5.56 Å². The first-order chi connectivity index (χ1) is 13.8. The summed E-state index contributed by atoms with van der Waals surface area (Å²) in [5.41, 5.74) is 1.58. The van der Waals surface area contributed by atoms with Crippen LogP contribution < -0.4 is 20.8 Å². The lowest BCUT2D eigenvalue weighted by Gasteiger charge is -2.19. The van der Waals surface area contributed by atoms with Crippen LogP contribution in [-0.4, -0.2) is 4.98 Å². The Labute approximate surface area is 165 Å². The number of benzene rings is 3. The molecule has 0 N–H and O–H groups in total. The van der Waals surface area contributed by atoms with Gasteiger partial charge in [-0.05, 0) is 11.6 Å². The maximum absolute atomic E-state index is 14.3. The van der Waals surface area contributed by atoms with Gasteiger partial charge in [-0.1, -0.05) is 97.1 Å². The van der Waals surface area contributed by atoms with Crippen molar-refractivity contribution in [2.45, 2.75) is 6.61 Å². The van der Waals surface area contributed by atoms with Crippen LogP contribution in [0.15, 0.2) is 109 Å². The summed E-state index contributed by atoms with van der Waals surface area (Å²) in [6.45, 7) is 0.415. The number of aromatic nitrogens is 1. The Morgan fingerprint density at radius 2 is 1.18 bits per heavy atom.